The minimum atomic E-state index is -4.36. The molecule has 104 valence electrons. The maximum absolute atomic E-state index is 12.6. The van der Waals surface area contributed by atoms with Gasteiger partial charge in [0, 0.05) is 12.7 Å². The van der Waals surface area contributed by atoms with E-state index in [1.807, 2.05) is 0 Å². The van der Waals surface area contributed by atoms with E-state index in [1.165, 1.54) is 6.07 Å². The number of hydrogen-bond donors (Lipinski definition) is 2. The predicted molar refractivity (Wildman–Crippen MR) is 73.1 cm³/mol. The first-order valence-corrected chi connectivity index (χ1v) is 5.86. The first-order valence-electron chi connectivity index (χ1n) is 5.86. The van der Waals surface area contributed by atoms with Crippen molar-refractivity contribution in [3.63, 3.8) is 0 Å². The van der Waals surface area contributed by atoms with Crippen LogP contribution < -0.4 is 5.73 Å². The molecule has 0 spiro atoms. The smallest absolute Gasteiger partial charge is 0.399 e. The minimum absolute atomic E-state index is 0. The second-order valence-electron chi connectivity index (χ2n) is 4.44. The number of benzene rings is 2. The number of hydrogen-bond acceptors (Lipinski definition) is 2. The maximum Gasteiger partial charge on any atom is 0.416 e. The highest BCUT2D eigenvalue weighted by Crippen LogP contribution is 2.31. The Balaban J connectivity index is 0.00000161. The van der Waals surface area contributed by atoms with Crippen molar-refractivity contribution in [2.24, 2.45) is 0 Å². The largest absolute Gasteiger partial charge is 0.416 e. The first-order chi connectivity index (χ1) is 9.43. The van der Waals surface area contributed by atoms with Crippen LogP contribution in [-0.2, 0) is 6.18 Å². The highest BCUT2D eigenvalue weighted by atomic mass is 19.4. The Morgan fingerprint density at radius 2 is 1.75 bits per heavy atom. The van der Waals surface area contributed by atoms with E-state index in [0.29, 0.717) is 22.5 Å². The molecule has 3 rings (SSSR count). The van der Waals surface area contributed by atoms with Gasteiger partial charge >= 0.3 is 6.18 Å². The average molecular weight is 279 g/mol. The summed E-state index contributed by atoms with van der Waals surface area (Å²) in [6, 6.07) is 10.4. The summed E-state index contributed by atoms with van der Waals surface area (Å²) >= 11 is 0. The maximum atomic E-state index is 12.6. The van der Waals surface area contributed by atoms with E-state index >= 15 is 0 Å². The number of aromatic amines is 1. The normalized spacial score (nSPS) is 11.9. The molecule has 0 fully saturated rings. The molecular weight excluding hydrogens is 267 g/mol. The third kappa shape index (κ3) is 2.20. The Hall–Kier alpha value is -2.50. The summed E-state index contributed by atoms with van der Waals surface area (Å²) in [5.74, 6) is 0.513. The van der Waals surface area contributed by atoms with Gasteiger partial charge in [0.1, 0.15) is 5.82 Å². The zero-order valence-corrected chi connectivity index (χ0v) is 10.2. The quantitative estimate of drug-likeness (QED) is 0.659. The van der Waals surface area contributed by atoms with Crippen LogP contribution in [0.4, 0.5) is 18.9 Å². The van der Waals surface area contributed by atoms with Gasteiger partial charge in [0.05, 0.1) is 16.6 Å². The fourth-order valence-corrected chi connectivity index (χ4v) is 1.96. The number of alkyl halides is 3. The second-order valence-corrected chi connectivity index (χ2v) is 4.44. The van der Waals surface area contributed by atoms with Crippen molar-refractivity contribution in [2.75, 3.05) is 5.73 Å². The number of H-pyrrole nitrogens is 1. The van der Waals surface area contributed by atoms with Gasteiger partial charge in [-0.25, -0.2) is 4.98 Å². The average Bonchev–Trinajstić information content (AvgIpc) is 2.81. The molecule has 0 atom stereocenters. The van der Waals surface area contributed by atoms with E-state index in [4.69, 9.17) is 5.73 Å². The van der Waals surface area contributed by atoms with Crippen LogP contribution in [0, 0.1) is 0 Å². The fraction of sp³-hybridized carbons (Fsp3) is 0.0714. The zero-order chi connectivity index (χ0) is 14.3. The van der Waals surface area contributed by atoms with Crippen LogP contribution in [0.1, 0.15) is 6.99 Å². The van der Waals surface area contributed by atoms with Crippen LogP contribution in [0.25, 0.3) is 22.4 Å². The van der Waals surface area contributed by atoms with Crippen molar-refractivity contribution >= 4 is 16.7 Å². The van der Waals surface area contributed by atoms with Crippen LogP contribution in [0.5, 0.6) is 0 Å². The minimum Gasteiger partial charge on any atom is -0.399 e. The number of aromatic nitrogens is 2. The number of nitrogens with two attached hydrogens (primary N) is 1. The third-order valence-electron chi connectivity index (χ3n) is 2.99. The SMILES string of the molecule is Nc1ccc(-c2nc3ccc(C(F)(F)F)cc3[nH]2)cc1.[HH]. The lowest BCUT2D eigenvalue weighted by molar-refractivity contribution is -0.137. The third-order valence-corrected chi connectivity index (χ3v) is 2.99. The van der Waals surface area contributed by atoms with Gasteiger partial charge in [0.25, 0.3) is 0 Å². The Morgan fingerprint density at radius 1 is 1.05 bits per heavy atom. The Labute approximate surface area is 113 Å². The van der Waals surface area contributed by atoms with Gasteiger partial charge in [0.15, 0.2) is 0 Å². The van der Waals surface area contributed by atoms with Gasteiger partial charge in [-0.15, -0.1) is 0 Å². The van der Waals surface area contributed by atoms with E-state index < -0.39 is 11.7 Å². The number of halogens is 3. The highest BCUT2D eigenvalue weighted by molar-refractivity contribution is 5.80. The molecule has 2 aromatic carbocycles. The molecule has 0 unspecified atom stereocenters. The summed E-state index contributed by atoms with van der Waals surface area (Å²) in [5.41, 5.74) is 7.12. The Morgan fingerprint density at radius 3 is 2.40 bits per heavy atom. The summed E-state index contributed by atoms with van der Waals surface area (Å²) in [4.78, 5) is 7.16. The molecule has 0 aliphatic heterocycles. The molecule has 0 bridgehead atoms. The fourth-order valence-electron chi connectivity index (χ4n) is 1.96. The molecule has 0 aliphatic carbocycles. The molecule has 0 amide bonds. The summed E-state index contributed by atoms with van der Waals surface area (Å²) in [7, 11) is 0. The monoisotopic (exact) mass is 279 g/mol. The lowest BCUT2D eigenvalue weighted by Gasteiger charge is -2.05. The van der Waals surface area contributed by atoms with Crippen LogP contribution in [0.15, 0.2) is 42.5 Å². The van der Waals surface area contributed by atoms with Crippen molar-refractivity contribution in [2.45, 2.75) is 6.18 Å². The molecule has 1 aromatic heterocycles. The van der Waals surface area contributed by atoms with E-state index in [0.717, 1.165) is 17.7 Å². The molecular formula is C14H12F3N3. The van der Waals surface area contributed by atoms with Crippen molar-refractivity contribution in [1.29, 1.82) is 0 Å². The van der Waals surface area contributed by atoms with Gasteiger partial charge in [-0.05, 0) is 42.5 Å². The lowest BCUT2D eigenvalue weighted by atomic mass is 10.2. The predicted octanol–water partition coefficient (Wildman–Crippen LogP) is 4.08. The molecule has 3 aromatic rings. The summed E-state index contributed by atoms with van der Waals surface area (Å²) in [6.45, 7) is 0. The lowest BCUT2D eigenvalue weighted by Crippen LogP contribution is -2.04. The van der Waals surface area contributed by atoms with Gasteiger partial charge in [-0.1, -0.05) is 0 Å². The van der Waals surface area contributed by atoms with Gasteiger partial charge < -0.3 is 10.7 Å². The van der Waals surface area contributed by atoms with Crippen LogP contribution in [0.2, 0.25) is 0 Å². The number of anilines is 1. The standard InChI is InChI=1S/C14H10F3N3.H2/c15-14(16,17)9-3-6-11-12(7-9)20-13(19-11)8-1-4-10(18)5-2-8;/h1-7H,18H2,(H,19,20);1H. The first kappa shape index (κ1) is 12.5. The molecule has 6 heteroatoms. The van der Waals surface area contributed by atoms with Crippen molar-refractivity contribution in [1.82, 2.24) is 9.97 Å². The van der Waals surface area contributed by atoms with Gasteiger partial charge in [-0.2, -0.15) is 13.2 Å². The van der Waals surface area contributed by atoms with E-state index in [2.05, 4.69) is 9.97 Å². The highest BCUT2D eigenvalue weighted by Gasteiger charge is 2.30. The van der Waals surface area contributed by atoms with Gasteiger partial charge in [-0.3, -0.25) is 0 Å². The van der Waals surface area contributed by atoms with Gasteiger partial charge in [0.2, 0.25) is 0 Å². The number of nitrogen functional groups attached to an aromatic ring is 1. The molecule has 0 aliphatic rings. The van der Waals surface area contributed by atoms with Crippen LogP contribution in [0.3, 0.4) is 0 Å². The topological polar surface area (TPSA) is 54.7 Å². The molecule has 3 nitrogen and oxygen atoms in total. The molecule has 20 heavy (non-hydrogen) atoms. The Bertz CT molecular complexity index is 763. The van der Waals surface area contributed by atoms with Crippen LogP contribution in [-0.4, -0.2) is 9.97 Å². The number of nitrogens with zero attached hydrogens (tertiary/aromatic N) is 1. The van der Waals surface area contributed by atoms with Crippen molar-refractivity contribution < 1.29 is 14.6 Å². The van der Waals surface area contributed by atoms with E-state index in [9.17, 15) is 13.2 Å². The van der Waals surface area contributed by atoms with E-state index in [-0.39, 0.29) is 1.43 Å². The summed E-state index contributed by atoms with van der Waals surface area (Å²) < 4.78 is 37.9. The van der Waals surface area contributed by atoms with Crippen LogP contribution >= 0.6 is 0 Å². The van der Waals surface area contributed by atoms with Crippen molar-refractivity contribution in [3.8, 4) is 11.4 Å². The summed E-state index contributed by atoms with van der Waals surface area (Å²) in [6.07, 6.45) is -4.36. The summed E-state index contributed by atoms with van der Waals surface area (Å²) in [5, 5.41) is 0. The molecule has 3 N–H and O–H groups in total. The van der Waals surface area contributed by atoms with E-state index in [1.54, 1.807) is 24.3 Å². The zero-order valence-electron chi connectivity index (χ0n) is 10.2. The second kappa shape index (κ2) is 4.26. The molecule has 0 saturated carbocycles. The number of imidazole rings is 1. The molecule has 1 heterocycles. The number of nitrogens with one attached hydrogen (secondary N) is 1. The molecule has 0 radical (unpaired) electrons. The number of fused-ring (bicyclic) bond motifs is 1. The molecule has 0 saturated heterocycles. The number of rotatable bonds is 1. The van der Waals surface area contributed by atoms with Crippen molar-refractivity contribution in [3.05, 3.63) is 48.0 Å². The Kier molecular flexibility index (Phi) is 2.67.